The second kappa shape index (κ2) is 5.96. The normalized spacial score (nSPS) is 19.8. The van der Waals surface area contributed by atoms with E-state index < -0.39 is 11.9 Å². The minimum absolute atomic E-state index is 0.0336. The number of carbonyl (C=O) groups excluding carboxylic acids is 2. The largest absolute Gasteiger partial charge is 0.369 e. The van der Waals surface area contributed by atoms with Crippen molar-refractivity contribution in [1.82, 2.24) is 5.32 Å². The maximum absolute atomic E-state index is 12.2. The van der Waals surface area contributed by atoms with Crippen LogP contribution in [0.2, 0.25) is 0 Å². The van der Waals surface area contributed by atoms with Crippen molar-refractivity contribution < 1.29 is 9.59 Å². The third-order valence-corrected chi connectivity index (χ3v) is 4.48. The lowest BCUT2D eigenvalue weighted by Crippen LogP contribution is -2.48. The second-order valence-corrected chi connectivity index (χ2v) is 5.89. The van der Waals surface area contributed by atoms with Crippen LogP contribution in [0.4, 0.5) is 11.4 Å². The molecular weight excluding hydrogens is 280 g/mol. The van der Waals surface area contributed by atoms with E-state index in [4.69, 9.17) is 5.73 Å². The Bertz CT molecular complexity index is 596. The fourth-order valence-corrected chi connectivity index (χ4v) is 3.18. The van der Waals surface area contributed by atoms with Crippen LogP contribution < -0.4 is 20.9 Å². The molecule has 2 aliphatic heterocycles. The van der Waals surface area contributed by atoms with Gasteiger partial charge >= 0.3 is 0 Å². The van der Waals surface area contributed by atoms with Gasteiger partial charge in [0.1, 0.15) is 6.04 Å². The van der Waals surface area contributed by atoms with Gasteiger partial charge in [0.25, 0.3) is 0 Å². The van der Waals surface area contributed by atoms with Crippen molar-refractivity contribution in [3.8, 4) is 0 Å². The van der Waals surface area contributed by atoms with Crippen LogP contribution >= 0.6 is 0 Å². The molecule has 0 bridgehead atoms. The Morgan fingerprint density at radius 2 is 2.00 bits per heavy atom. The number of piperazine rings is 1. The molecule has 0 radical (unpaired) electrons. The minimum atomic E-state index is -0.614. The number of nitrogens with one attached hydrogen (secondary N) is 1. The van der Waals surface area contributed by atoms with Crippen LogP contribution in [0.25, 0.3) is 0 Å². The Balaban J connectivity index is 1.92. The Kier molecular flexibility index (Phi) is 4.02. The van der Waals surface area contributed by atoms with Gasteiger partial charge in [0.2, 0.25) is 11.8 Å². The molecular formula is C16H22N4O2. The molecule has 6 nitrogen and oxygen atoms in total. The van der Waals surface area contributed by atoms with Crippen molar-refractivity contribution in [2.75, 3.05) is 36.0 Å². The summed E-state index contributed by atoms with van der Waals surface area (Å²) in [5, 5.41) is 3.34. The highest BCUT2D eigenvalue weighted by molar-refractivity contribution is 6.02. The number of fused-ring (bicyclic) bond motifs is 1. The topological polar surface area (TPSA) is 78.7 Å². The van der Waals surface area contributed by atoms with Gasteiger partial charge in [-0.25, -0.2) is 0 Å². The van der Waals surface area contributed by atoms with E-state index in [-0.39, 0.29) is 5.91 Å². The molecule has 3 rings (SSSR count). The van der Waals surface area contributed by atoms with Crippen LogP contribution in [-0.4, -0.2) is 44.0 Å². The zero-order chi connectivity index (χ0) is 15.7. The number of hydrogen-bond acceptors (Lipinski definition) is 4. The van der Waals surface area contributed by atoms with Gasteiger partial charge in [-0.2, -0.15) is 0 Å². The summed E-state index contributed by atoms with van der Waals surface area (Å²) in [5.41, 5.74) is 8.50. The van der Waals surface area contributed by atoms with Gasteiger partial charge in [0.05, 0.1) is 0 Å². The van der Waals surface area contributed by atoms with Gasteiger partial charge in [-0.15, -0.1) is 0 Å². The maximum atomic E-state index is 12.2. The molecule has 3 N–H and O–H groups in total. The second-order valence-electron chi connectivity index (χ2n) is 5.89. The summed E-state index contributed by atoms with van der Waals surface area (Å²) in [7, 11) is 0. The fraction of sp³-hybridized carbons (Fsp3) is 0.500. The number of primary amides is 1. The van der Waals surface area contributed by atoms with Gasteiger partial charge in [-0.3, -0.25) is 14.5 Å². The van der Waals surface area contributed by atoms with Gasteiger partial charge in [-0.05, 0) is 37.1 Å². The molecule has 1 aromatic rings. The molecule has 2 amide bonds. The first-order valence-electron chi connectivity index (χ1n) is 7.78. The van der Waals surface area contributed by atoms with Crippen molar-refractivity contribution >= 4 is 23.2 Å². The number of benzene rings is 1. The summed E-state index contributed by atoms with van der Waals surface area (Å²) in [6, 6.07) is 5.51. The number of aryl methyl sites for hydroxylation is 1. The Hall–Kier alpha value is -2.08. The molecule has 0 aromatic heterocycles. The highest BCUT2D eigenvalue weighted by atomic mass is 16.2. The van der Waals surface area contributed by atoms with E-state index in [1.807, 2.05) is 12.1 Å². The standard InChI is InChI=1S/C16H22N4O2/c1-11(16(17)22)20-14-4-3-13(19-8-6-18-7-9-19)10-12(14)2-5-15(20)21/h3-4,10-11,18H,2,5-9H2,1H3,(H2,17,22). The lowest BCUT2D eigenvalue weighted by molar-refractivity contribution is -0.124. The molecule has 6 heteroatoms. The molecule has 1 unspecified atom stereocenters. The molecule has 1 aromatic carbocycles. The number of anilines is 2. The van der Waals surface area contributed by atoms with Crippen LogP contribution in [0.5, 0.6) is 0 Å². The third-order valence-electron chi connectivity index (χ3n) is 4.48. The molecule has 0 spiro atoms. The van der Waals surface area contributed by atoms with Crippen molar-refractivity contribution in [2.24, 2.45) is 5.73 Å². The zero-order valence-electron chi connectivity index (χ0n) is 12.8. The monoisotopic (exact) mass is 302 g/mol. The Morgan fingerprint density at radius 3 is 2.68 bits per heavy atom. The first-order valence-corrected chi connectivity index (χ1v) is 7.78. The SMILES string of the molecule is CC(C(N)=O)N1C(=O)CCc2cc(N3CCNCC3)ccc21. The molecule has 0 aliphatic carbocycles. The van der Waals surface area contributed by atoms with Crippen molar-refractivity contribution in [2.45, 2.75) is 25.8 Å². The highest BCUT2D eigenvalue weighted by Gasteiger charge is 2.31. The summed E-state index contributed by atoms with van der Waals surface area (Å²) in [6.07, 6.45) is 1.14. The molecule has 118 valence electrons. The summed E-state index contributed by atoms with van der Waals surface area (Å²) < 4.78 is 0. The first-order chi connectivity index (χ1) is 10.6. The zero-order valence-corrected chi connectivity index (χ0v) is 12.8. The maximum Gasteiger partial charge on any atom is 0.240 e. The number of rotatable bonds is 3. The number of carbonyl (C=O) groups is 2. The third kappa shape index (κ3) is 2.66. The number of nitrogens with two attached hydrogens (primary N) is 1. The average Bonchev–Trinajstić information content (AvgIpc) is 2.54. The molecule has 2 aliphatic rings. The fourth-order valence-electron chi connectivity index (χ4n) is 3.18. The van der Waals surface area contributed by atoms with E-state index in [2.05, 4.69) is 16.3 Å². The Morgan fingerprint density at radius 1 is 1.27 bits per heavy atom. The van der Waals surface area contributed by atoms with Crippen LogP contribution in [0.15, 0.2) is 18.2 Å². The van der Waals surface area contributed by atoms with Crippen molar-refractivity contribution in [3.05, 3.63) is 23.8 Å². The lowest BCUT2D eigenvalue weighted by atomic mass is 9.98. The molecule has 1 saturated heterocycles. The molecule has 1 atom stereocenters. The van der Waals surface area contributed by atoms with Crippen LogP contribution in [0.3, 0.4) is 0 Å². The van der Waals surface area contributed by atoms with Crippen LogP contribution in [-0.2, 0) is 16.0 Å². The summed E-state index contributed by atoms with van der Waals surface area (Å²) in [5.74, 6) is -0.513. The Labute approximate surface area is 130 Å². The number of amides is 2. The molecule has 2 heterocycles. The van der Waals surface area contributed by atoms with Crippen LogP contribution in [0.1, 0.15) is 18.9 Å². The van der Waals surface area contributed by atoms with E-state index in [1.54, 1.807) is 11.8 Å². The van der Waals surface area contributed by atoms with Crippen molar-refractivity contribution in [1.29, 1.82) is 0 Å². The summed E-state index contributed by atoms with van der Waals surface area (Å²) >= 11 is 0. The predicted octanol–water partition coefficient (Wildman–Crippen LogP) is 0.249. The molecule has 0 saturated carbocycles. The van der Waals surface area contributed by atoms with Crippen LogP contribution in [0, 0.1) is 0 Å². The van der Waals surface area contributed by atoms with Crippen molar-refractivity contribution in [3.63, 3.8) is 0 Å². The number of nitrogens with zero attached hydrogens (tertiary/aromatic N) is 2. The summed E-state index contributed by atoms with van der Waals surface area (Å²) in [4.78, 5) is 27.6. The van der Waals surface area contributed by atoms with Gasteiger partial charge < -0.3 is 16.0 Å². The van der Waals surface area contributed by atoms with E-state index in [1.165, 1.54) is 5.69 Å². The van der Waals surface area contributed by atoms with E-state index in [0.29, 0.717) is 6.42 Å². The predicted molar refractivity (Wildman–Crippen MR) is 86.0 cm³/mol. The van der Waals surface area contributed by atoms with E-state index in [9.17, 15) is 9.59 Å². The molecule has 22 heavy (non-hydrogen) atoms. The van der Waals surface area contributed by atoms with Gasteiger partial charge in [0.15, 0.2) is 0 Å². The smallest absolute Gasteiger partial charge is 0.240 e. The van der Waals surface area contributed by atoms with Gasteiger partial charge in [0, 0.05) is 44.0 Å². The highest BCUT2D eigenvalue weighted by Crippen LogP contribution is 2.33. The quantitative estimate of drug-likeness (QED) is 0.839. The molecule has 1 fully saturated rings. The van der Waals surface area contributed by atoms with E-state index in [0.717, 1.165) is 43.9 Å². The minimum Gasteiger partial charge on any atom is -0.369 e. The van der Waals surface area contributed by atoms with E-state index >= 15 is 0 Å². The summed E-state index contributed by atoms with van der Waals surface area (Å²) in [6.45, 7) is 5.62. The number of hydrogen-bond donors (Lipinski definition) is 2. The van der Waals surface area contributed by atoms with Gasteiger partial charge in [-0.1, -0.05) is 0 Å². The first kappa shape index (κ1) is 14.8. The average molecular weight is 302 g/mol. The lowest BCUT2D eigenvalue weighted by Gasteiger charge is -2.35.